The number of para-hydroxylation sites is 1. The van der Waals surface area contributed by atoms with Gasteiger partial charge in [-0.05, 0) is 29.8 Å². The Bertz CT molecular complexity index is 773. The fourth-order valence-electron chi connectivity index (χ4n) is 2.01. The Kier molecular flexibility index (Phi) is 6.05. The lowest BCUT2D eigenvalue weighted by Gasteiger charge is -2.09. The highest BCUT2D eigenvalue weighted by atomic mass is 16.6. The molecule has 0 fully saturated rings. The van der Waals surface area contributed by atoms with Crippen molar-refractivity contribution in [1.82, 2.24) is 5.32 Å². The fourth-order valence-corrected chi connectivity index (χ4v) is 2.01. The van der Waals surface area contributed by atoms with Crippen LogP contribution in [0, 0.1) is 10.1 Å². The molecular formula is C17H16N2O6. The fraction of sp³-hybridized carbons (Fsp3) is 0.176. The first-order valence-electron chi connectivity index (χ1n) is 7.31. The summed E-state index contributed by atoms with van der Waals surface area (Å²) >= 11 is 0. The highest BCUT2D eigenvalue weighted by Gasteiger charge is 2.13. The summed E-state index contributed by atoms with van der Waals surface area (Å²) in [6.45, 7) is -0.342. The van der Waals surface area contributed by atoms with Gasteiger partial charge in [0.2, 0.25) is 0 Å². The third kappa shape index (κ3) is 5.03. The zero-order valence-corrected chi connectivity index (χ0v) is 13.4. The van der Waals surface area contributed by atoms with E-state index in [0.717, 1.165) is 0 Å². The Labute approximate surface area is 143 Å². The molecule has 8 nitrogen and oxygen atoms in total. The molecule has 2 aromatic carbocycles. The topological polar surface area (TPSA) is 108 Å². The number of carbonyl (C=O) groups is 2. The highest BCUT2D eigenvalue weighted by Crippen LogP contribution is 2.16. The second-order valence-corrected chi connectivity index (χ2v) is 4.97. The number of nitro benzene ring substituents is 1. The summed E-state index contributed by atoms with van der Waals surface area (Å²) in [7, 11) is 1.45. The van der Waals surface area contributed by atoms with Gasteiger partial charge in [0.1, 0.15) is 18.9 Å². The highest BCUT2D eigenvalue weighted by molar-refractivity contribution is 5.98. The number of esters is 1. The monoisotopic (exact) mass is 344 g/mol. The van der Waals surface area contributed by atoms with Crippen molar-refractivity contribution in [2.24, 2.45) is 0 Å². The lowest BCUT2D eigenvalue weighted by molar-refractivity contribution is -0.384. The predicted octanol–water partition coefficient (Wildman–Crippen LogP) is 2.08. The van der Waals surface area contributed by atoms with Crippen LogP contribution in [-0.4, -0.2) is 30.5 Å². The third-order valence-electron chi connectivity index (χ3n) is 3.29. The summed E-state index contributed by atoms with van der Waals surface area (Å²) in [5.41, 5.74) is 0.877. The summed E-state index contributed by atoms with van der Waals surface area (Å²) in [5.74, 6) is -0.675. The molecule has 0 saturated carbocycles. The molecule has 0 bridgehead atoms. The van der Waals surface area contributed by atoms with Gasteiger partial charge in [0, 0.05) is 12.1 Å². The van der Waals surface area contributed by atoms with E-state index in [1.807, 2.05) is 0 Å². The minimum Gasteiger partial charge on any atom is -0.496 e. The number of nitro groups is 1. The molecule has 2 aromatic rings. The zero-order chi connectivity index (χ0) is 18.2. The van der Waals surface area contributed by atoms with E-state index in [-0.39, 0.29) is 18.8 Å². The van der Waals surface area contributed by atoms with Crippen LogP contribution < -0.4 is 10.1 Å². The second-order valence-electron chi connectivity index (χ2n) is 4.97. The van der Waals surface area contributed by atoms with Gasteiger partial charge < -0.3 is 14.8 Å². The van der Waals surface area contributed by atoms with Crippen molar-refractivity contribution in [2.45, 2.75) is 6.61 Å². The molecule has 1 amide bonds. The van der Waals surface area contributed by atoms with Crippen LogP contribution in [0.25, 0.3) is 0 Å². The molecule has 0 spiro atoms. The van der Waals surface area contributed by atoms with E-state index in [9.17, 15) is 19.7 Å². The van der Waals surface area contributed by atoms with Gasteiger partial charge in [0.05, 0.1) is 17.6 Å². The molecule has 0 heterocycles. The maximum absolute atomic E-state index is 12.0. The quantitative estimate of drug-likeness (QED) is 0.468. The summed E-state index contributed by atoms with van der Waals surface area (Å²) in [6, 6.07) is 12.3. The second kappa shape index (κ2) is 8.44. The average Bonchev–Trinajstić information content (AvgIpc) is 2.64. The van der Waals surface area contributed by atoms with Crippen LogP contribution in [0.4, 0.5) is 5.69 Å². The number of amides is 1. The molecule has 0 unspecified atom stereocenters. The number of hydrogen-bond donors (Lipinski definition) is 1. The Morgan fingerprint density at radius 2 is 1.80 bits per heavy atom. The average molecular weight is 344 g/mol. The van der Waals surface area contributed by atoms with Crippen molar-refractivity contribution in [2.75, 3.05) is 13.7 Å². The van der Waals surface area contributed by atoms with Gasteiger partial charge in [-0.15, -0.1) is 0 Å². The minimum atomic E-state index is -0.624. The van der Waals surface area contributed by atoms with Crippen LogP contribution in [0.5, 0.6) is 5.75 Å². The molecule has 1 N–H and O–H groups in total. The molecule has 8 heteroatoms. The number of non-ortho nitro benzene ring substituents is 1. The van der Waals surface area contributed by atoms with Crippen LogP contribution in [0.3, 0.4) is 0 Å². The molecule has 2 rings (SSSR count). The maximum Gasteiger partial charge on any atom is 0.325 e. The van der Waals surface area contributed by atoms with E-state index < -0.39 is 16.8 Å². The molecule has 25 heavy (non-hydrogen) atoms. The van der Waals surface area contributed by atoms with Crippen molar-refractivity contribution in [3.63, 3.8) is 0 Å². The summed E-state index contributed by atoms with van der Waals surface area (Å²) in [4.78, 5) is 33.8. The van der Waals surface area contributed by atoms with Crippen LogP contribution in [0.1, 0.15) is 15.9 Å². The van der Waals surface area contributed by atoms with Crippen molar-refractivity contribution in [1.29, 1.82) is 0 Å². The standard InChI is InChI=1S/C17H16N2O6/c1-24-15-5-3-2-4-14(15)17(21)18-10-16(20)25-11-12-6-8-13(9-7-12)19(22)23/h2-9H,10-11H2,1H3,(H,18,21). The molecule has 0 saturated heterocycles. The summed E-state index contributed by atoms with van der Waals surface area (Å²) in [5, 5.41) is 13.0. The van der Waals surface area contributed by atoms with E-state index in [0.29, 0.717) is 16.9 Å². The van der Waals surface area contributed by atoms with Crippen molar-refractivity contribution in [3.8, 4) is 5.75 Å². The Morgan fingerprint density at radius 1 is 1.12 bits per heavy atom. The van der Waals surface area contributed by atoms with Crippen molar-refractivity contribution >= 4 is 17.6 Å². The van der Waals surface area contributed by atoms with Crippen LogP contribution >= 0.6 is 0 Å². The summed E-state index contributed by atoms with van der Waals surface area (Å²) < 4.78 is 10.1. The number of hydrogen-bond acceptors (Lipinski definition) is 6. The number of carbonyl (C=O) groups excluding carboxylic acids is 2. The maximum atomic E-state index is 12.0. The number of nitrogens with zero attached hydrogens (tertiary/aromatic N) is 1. The SMILES string of the molecule is COc1ccccc1C(=O)NCC(=O)OCc1ccc([N+](=O)[O-])cc1. The van der Waals surface area contributed by atoms with Crippen LogP contribution in [0.15, 0.2) is 48.5 Å². The molecule has 0 aliphatic rings. The van der Waals surface area contributed by atoms with E-state index >= 15 is 0 Å². The van der Waals surface area contributed by atoms with Crippen LogP contribution in [-0.2, 0) is 16.1 Å². The normalized spacial score (nSPS) is 9.96. The van der Waals surface area contributed by atoms with Crippen LogP contribution in [0.2, 0.25) is 0 Å². The number of ether oxygens (including phenoxy) is 2. The number of rotatable bonds is 7. The smallest absolute Gasteiger partial charge is 0.325 e. The lowest BCUT2D eigenvalue weighted by Crippen LogP contribution is -2.30. The molecular weight excluding hydrogens is 328 g/mol. The van der Waals surface area contributed by atoms with Gasteiger partial charge in [-0.3, -0.25) is 19.7 Å². The third-order valence-corrected chi connectivity index (χ3v) is 3.29. The van der Waals surface area contributed by atoms with Gasteiger partial charge in [-0.1, -0.05) is 12.1 Å². The van der Waals surface area contributed by atoms with Gasteiger partial charge in [0.15, 0.2) is 0 Å². The molecule has 0 aromatic heterocycles. The summed E-state index contributed by atoms with van der Waals surface area (Å²) in [6.07, 6.45) is 0. The minimum absolute atomic E-state index is 0.0403. The number of methoxy groups -OCH3 is 1. The Balaban J connectivity index is 1.82. The van der Waals surface area contributed by atoms with Gasteiger partial charge in [-0.2, -0.15) is 0 Å². The Hall–Kier alpha value is -3.42. The molecule has 0 aliphatic carbocycles. The Morgan fingerprint density at radius 3 is 2.44 bits per heavy atom. The largest absolute Gasteiger partial charge is 0.496 e. The number of nitrogens with one attached hydrogen (secondary N) is 1. The molecule has 130 valence electrons. The molecule has 0 aliphatic heterocycles. The van der Waals surface area contributed by atoms with E-state index in [1.54, 1.807) is 24.3 Å². The van der Waals surface area contributed by atoms with E-state index in [2.05, 4.69) is 5.32 Å². The van der Waals surface area contributed by atoms with Gasteiger partial charge in [-0.25, -0.2) is 0 Å². The number of benzene rings is 2. The predicted molar refractivity (Wildman–Crippen MR) is 88.2 cm³/mol. The molecule has 0 atom stereocenters. The van der Waals surface area contributed by atoms with E-state index in [4.69, 9.17) is 9.47 Å². The van der Waals surface area contributed by atoms with Crippen molar-refractivity contribution < 1.29 is 24.0 Å². The first kappa shape index (κ1) is 17.9. The van der Waals surface area contributed by atoms with Gasteiger partial charge >= 0.3 is 5.97 Å². The van der Waals surface area contributed by atoms with Crippen molar-refractivity contribution in [3.05, 3.63) is 69.8 Å². The zero-order valence-electron chi connectivity index (χ0n) is 13.4. The first-order chi connectivity index (χ1) is 12.0. The molecule has 0 radical (unpaired) electrons. The van der Waals surface area contributed by atoms with Gasteiger partial charge in [0.25, 0.3) is 11.6 Å². The lowest BCUT2D eigenvalue weighted by atomic mass is 10.2. The van der Waals surface area contributed by atoms with E-state index in [1.165, 1.54) is 31.4 Å². The first-order valence-corrected chi connectivity index (χ1v) is 7.31.